The van der Waals surface area contributed by atoms with E-state index in [2.05, 4.69) is 25.6 Å². The fourth-order valence-corrected chi connectivity index (χ4v) is 3.99. The summed E-state index contributed by atoms with van der Waals surface area (Å²) in [5.74, 6) is 0.620. The summed E-state index contributed by atoms with van der Waals surface area (Å²) in [7, 11) is 0. The van der Waals surface area contributed by atoms with Crippen LogP contribution >= 0.6 is 11.8 Å². The average Bonchev–Trinajstić information content (AvgIpc) is 3.43. The van der Waals surface area contributed by atoms with E-state index in [1.165, 1.54) is 31.5 Å². The van der Waals surface area contributed by atoms with Crippen molar-refractivity contribution in [1.29, 1.82) is 0 Å². The first-order valence-electron chi connectivity index (χ1n) is 10.2. The van der Waals surface area contributed by atoms with E-state index in [9.17, 15) is 9.59 Å². The fraction of sp³-hybridized carbons (Fsp3) is 0.381. The van der Waals surface area contributed by atoms with E-state index in [0.717, 1.165) is 35.1 Å². The minimum atomic E-state index is -0.178. The van der Waals surface area contributed by atoms with Crippen LogP contribution in [0.4, 0.5) is 11.5 Å². The van der Waals surface area contributed by atoms with Gasteiger partial charge in [-0.25, -0.2) is 14.6 Å². The van der Waals surface area contributed by atoms with Crippen LogP contribution in [0.2, 0.25) is 0 Å². The van der Waals surface area contributed by atoms with Gasteiger partial charge >= 0.3 is 0 Å². The summed E-state index contributed by atoms with van der Waals surface area (Å²) in [4.78, 5) is 35.2. The number of nitrogens with one attached hydrogen (secondary N) is 2. The van der Waals surface area contributed by atoms with Gasteiger partial charge in [-0.3, -0.25) is 9.59 Å². The number of carbonyl (C=O) groups excluding carboxylic acids is 2. The normalized spacial score (nSPS) is 13.5. The minimum Gasteiger partial charge on any atom is -0.356 e. The molecule has 0 bridgehead atoms. The van der Waals surface area contributed by atoms with E-state index >= 15 is 0 Å². The monoisotopic (exact) mass is 439 g/mol. The van der Waals surface area contributed by atoms with Crippen LogP contribution in [0.1, 0.15) is 30.1 Å². The molecule has 0 aliphatic carbocycles. The number of rotatable bonds is 7. The Kier molecular flexibility index (Phi) is 6.36. The lowest BCUT2D eigenvalue weighted by Gasteiger charge is -2.17. The zero-order valence-corrected chi connectivity index (χ0v) is 18.4. The number of thioether (sulfide) groups is 1. The Morgan fingerprint density at radius 3 is 2.55 bits per heavy atom. The van der Waals surface area contributed by atoms with E-state index < -0.39 is 0 Å². The van der Waals surface area contributed by atoms with E-state index in [0.29, 0.717) is 24.3 Å². The SMILES string of the molecule is CSc1nc(N2CCCC2)c2cnn(CCNC(=O)c3ccc(NC(C)=O)cc3)c2n1. The summed E-state index contributed by atoms with van der Waals surface area (Å²) in [5.41, 5.74) is 1.98. The third-order valence-electron chi connectivity index (χ3n) is 5.12. The van der Waals surface area contributed by atoms with E-state index in [-0.39, 0.29) is 11.8 Å². The number of hydrogen-bond donors (Lipinski definition) is 2. The molecule has 1 aliphatic heterocycles. The molecule has 2 amide bonds. The van der Waals surface area contributed by atoms with Gasteiger partial charge < -0.3 is 15.5 Å². The maximum Gasteiger partial charge on any atom is 0.251 e. The van der Waals surface area contributed by atoms with Gasteiger partial charge in [-0.1, -0.05) is 11.8 Å². The summed E-state index contributed by atoms with van der Waals surface area (Å²) in [6, 6.07) is 6.78. The van der Waals surface area contributed by atoms with Crippen LogP contribution in [0.25, 0.3) is 11.0 Å². The highest BCUT2D eigenvalue weighted by Gasteiger charge is 2.20. The molecule has 3 heterocycles. The zero-order valence-electron chi connectivity index (χ0n) is 17.6. The van der Waals surface area contributed by atoms with Crippen LogP contribution in [0.15, 0.2) is 35.6 Å². The number of carbonyl (C=O) groups is 2. The van der Waals surface area contributed by atoms with Crippen LogP contribution < -0.4 is 15.5 Å². The summed E-state index contributed by atoms with van der Waals surface area (Å²) in [6.07, 6.45) is 6.13. The molecule has 1 saturated heterocycles. The predicted molar refractivity (Wildman–Crippen MR) is 122 cm³/mol. The maximum absolute atomic E-state index is 12.4. The summed E-state index contributed by atoms with van der Waals surface area (Å²) in [5, 5.41) is 11.8. The molecule has 9 nitrogen and oxygen atoms in total. The van der Waals surface area contributed by atoms with Gasteiger partial charge in [0, 0.05) is 37.8 Å². The number of nitrogens with zero attached hydrogens (tertiary/aromatic N) is 5. The van der Waals surface area contributed by atoms with E-state index in [1.807, 2.05) is 17.1 Å². The van der Waals surface area contributed by atoms with Crippen molar-refractivity contribution >= 4 is 46.1 Å². The number of anilines is 2. The highest BCUT2D eigenvalue weighted by molar-refractivity contribution is 7.98. The Balaban J connectivity index is 1.43. The molecule has 1 aromatic carbocycles. The van der Waals surface area contributed by atoms with Gasteiger partial charge in [0.2, 0.25) is 5.91 Å². The van der Waals surface area contributed by atoms with Gasteiger partial charge in [0.1, 0.15) is 5.82 Å². The number of benzene rings is 1. The number of aromatic nitrogens is 4. The van der Waals surface area contributed by atoms with Crippen LogP contribution in [0, 0.1) is 0 Å². The third-order valence-corrected chi connectivity index (χ3v) is 5.67. The van der Waals surface area contributed by atoms with Crippen molar-refractivity contribution in [3.63, 3.8) is 0 Å². The quantitative estimate of drug-likeness (QED) is 0.430. The minimum absolute atomic E-state index is 0.148. The molecule has 2 aromatic heterocycles. The van der Waals surface area contributed by atoms with Gasteiger partial charge in [0.05, 0.1) is 18.1 Å². The second-order valence-electron chi connectivity index (χ2n) is 7.35. The molecule has 4 rings (SSSR count). The number of amides is 2. The molecule has 3 aromatic rings. The van der Waals surface area contributed by atoms with Gasteiger partial charge in [0.25, 0.3) is 5.91 Å². The molecule has 1 fully saturated rings. The first kappa shape index (κ1) is 21.1. The molecule has 31 heavy (non-hydrogen) atoms. The Morgan fingerprint density at radius 1 is 1.13 bits per heavy atom. The Labute approximate surface area is 184 Å². The first-order chi connectivity index (χ1) is 15.0. The Morgan fingerprint density at radius 2 is 1.87 bits per heavy atom. The van der Waals surface area contributed by atoms with Crippen molar-refractivity contribution in [2.45, 2.75) is 31.5 Å². The molecule has 0 radical (unpaired) electrons. The van der Waals surface area contributed by atoms with Gasteiger partial charge in [0.15, 0.2) is 10.8 Å². The zero-order chi connectivity index (χ0) is 21.8. The molecular formula is C21H25N7O2S. The van der Waals surface area contributed by atoms with Crippen molar-refractivity contribution < 1.29 is 9.59 Å². The lowest BCUT2D eigenvalue weighted by Crippen LogP contribution is -2.27. The summed E-state index contributed by atoms with van der Waals surface area (Å²) < 4.78 is 1.82. The lowest BCUT2D eigenvalue weighted by molar-refractivity contribution is -0.114. The number of fused-ring (bicyclic) bond motifs is 1. The second kappa shape index (κ2) is 9.34. The number of hydrogen-bond acceptors (Lipinski definition) is 7. The maximum atomic E-state index is 12.4. The molecule has 0 spiro atoms. The van der Waals surface area contributed by atoms with Crippen molar-refractivity contribution in [3.8, 4) is 0 Å². The Bertz CT molecular complexity index is 1090. The molecule has 162 valence electrons. The van der Waals surface area contributed by atoms with Crippen LogP contribution in [0.5, 0.6) is 0 Å². The van der Waals surface area contributed by atoms with Crippen LogP contribution in [-0.4, -0.2) is 57.5 Å². The molecule has 0 unspecified atom stereocenters. The van der Waals surface area contributed by atoms with Gasteiger partial charge in [-0.2, -0.15) is 5.10 Å². The van der Waals surface area contributed by atoms with E-state index in [4.69, 9.17) is 4.98 Å². The predicted octanol–water partition coefficient (Wildman–Crippen LogP) is 2.54. The summed E-state index contributed by atoms with van der Waals surface area (Å²) in [6.45, 7) is 4.37. The third kappa shape index (κ3) is 4.79. The molecule has 1 aliphatic rings. The molecular weight excluding hydrogens is 414 g/mol. The van der Waals surface area contributed by atoms with Gasteiger partial charge in [-0.15, -0.1) is 0 Å². The van der Waals surface area contributed by atoms with Crippen molar-refractivity contribution in [2.75, 3.05) is 36.1 Å². The Hall–Kier alpha value is -3.14. The molecule has 10 heteroatoms. The average molecular weight is 440 g/mol. The van der Waals surface area contributed by atoms with Crippen molar-refractivity contribution in [2.24, 2.45) is 0 Å². The van der Waals surface area contributed by atoms with Gasteiger partial charge in [-0.05, 0) is 43.4 Å². The topological polar surface area (TPSA) is 105 Å². The molecule has 0 atom stereocenters. The fourth-order valence-electron chi connectivity index (χ4n) is 3.63. The second-order valence-corrected chi connectivity index (χ2v) is 8.12. The molecule has 0 saturated carbocycles. The first-order valence-corrected chi connectivity index (χ1v) is 11.5. The highest BCUT2D eigenvalue weighted by atomic mass is 32.2. The standard InChI is InChI=1S/C21H25N7O2S/c1-14(29)24-16-7-5-15(6-8-16)20(30)22-9-12-28-19-17(13-23-28)18(25-21(26-19)31-2)27-10-3-4-11-27/h5-8,13H,3-4,9-12H2,1-2H3,(H,22,30)(H,24,29). The smallest absolute Gasteiger partial charge is 0.251 e. The van der Waals surface area contributed by atoms with Crippen LogP contribution in [0.3, 0.4) is 0 Å². The lowest BCUT2D eigenvalue weighted by atomic mass is 10.2. The van der Waals surface area contributed by atoms with Crippen LogP contribution in [-0.2, 0) is 11.3 Å². The highest BCUT2D eigenvalue weighted by Crippen LogP contribution is 2.28. The van der Waals surface area contributed by atoms with Crippen molar-refractivity contribution in [1.82, 2.24) is 25.1 Å². The largest absolute Gasteiger partial charge is 0.356 e. The summed E-state index contributed by atoms with van der Waals surface area (Å²) >= 11 is 1.51. The van der Waals surface area contributed by atoms with E-state index in [1.54, 1.807) is 24.3 Å². The molecule has 2 N–H and O–H groups in total. The van der Waals surface area contributed by atoms with Crippen molar-refractivity contribution in [3.05, 3.63) is 36.0 Å².